The van der Waals surface area contributed by atoms with E-state index in [0.717, 1.165) is 38.8 Å². The van der Waals surface area contributed by atoms with Crippen LogP contribution in [0.3, 0.4) is 0 Å². The number of hydrogen-bond acceptors (Lipinski definition) is 5. The van der Waals surface area contributed by atoms with Crippen molar-refractivity contribution >= 4 is 10.9 Å². The number of piperidine rings is 1. The SMILES string of the molecule is Cc1c(C2CC23CNCC(N)C3)c(F)cc2c(=O)n(N)c(=O)n(C3CC3)c12. The number of nitrogens with zero attached hydrogens (tertiary/aromatic N) is 2. The average Bonchev–Trinajstić information content (AvgIpc) is 3.53. The quantitative estimate of drug-likeness (QED) is 0.663. The van der Waals surface area contributed by atoms with E-state index in [4.69, 9.17) is 11.6 Å². The van der Waals surface area contributed by atoms with Gasteiger partial charge >= 0.3 is 5.69 Å². The van der Waals surface area contributed by atoms with Gasteiger partial charge in [0.05, 0.1) is 10.9 Å². The molecule has 1 spiro atoms. The Hall–Kier alpha value is -2.19. The predicted molar refractivity (Wildman–Crippen MR) is 101 cm³/mol. The summed E-state index contributed by atoms with van der Waals surface area (Å²) in [5, 5.41) is 3.53. The minimum absolute atomic E-state index is 0.0233. The third-order valence-corrected chi connectivity index (χ3v) is 6.65. The van der Waals surface area contributed by atoms with E-state index in [1.54, 1.807) is 4.57 Å². The number of nitrogens with one attached hydrogen (secondary N) is 1. The third kappa shape index (κ3) is 2.32. The normalized spacial score (nSPS) is 30.2. The van der Waals surface area contributed by atoms with Gasteiger partial charge in [-0.25, -0.2) is 9.18 Å². The summed E-state index contributed by atoms with van der Waals surface area (Å²) in [4.78, 5) is 25.2. The van der Waals surface area contributed by atoms with Crippen LogP contribution in [-0.2, 0) is 0 Å². The van der Waals surface area contributed by atoms with Crippen molar-refractivity contribution in [2.45, 2.75) is 50.6 Å². The molecule has 1 aromatic carbocycles. The number of hydrogen-bond donors (Lipinski definition) is 3. The summed E-state index contributed by atoms with van der Waals surface area (Å²) < 4.78 is 17.3. The molecule has 0 radical (unpaired) electrons. The molecule has 1 saturated heterocycles. The van der Waals surface area contributed by atoms with E-state index in [2.05, 4.69) is 5.32 Å². The van der Waals surface area contributed by atoms with E-state index in [9.17, 15) is 9.59 Å². The van der Waals surface area contributed by atoms with E-state index < -0.39 is 11.2 Å². The number of nitrogens with two attached hydrogens (primary N) is 2. The van der Waals surface area contributed by atoms with Crippen LogP contribution in [0.25, 0.3) is 10.9 Å². The minimum atomic E-state index is -0.646. The number of halogens is 1. The molecule has 27 heavy (non-hydrogen) atoms. The van der Waals surface area contributed by atoms with Crippen LogP contribution in [0.5, 0.6) is 0 Å². The van der Waals surface area contributed by atoms with Crippen molar-refractivity contribution in [2.75, 3.05) is 18.9 Å². The third-order valence-electron chi connectivity index (χ3n) is 6.65. The lowest BCUT2D eigenvalue weighted by Crippen LogP contribution is -2.45. The number of nitrogen functional groups attached to an aromatic ring is 1. The van der Waals surface area contributed by atoms with Gasteiger partial charge < -0.3 is 16.9 Å². The highest BCUT2D eigenvalue weighted by atomic mass is 19.1. The number of aromatic nitrogens is 2. The molecule has 144 valence electrons. The molecule has 5 N–H and O–H groups in total. The molecule has 3 unspecified atom stereocenters. The fourth-order valence-electron chi connectivity index (χ4n) is 5.13. The van der Waals surface area contributed by atoms with E-state index >= 15 is 4.39 Å². The zero-order valence-electron chi connectivity index (χ0n) is 15.3. The van der Waals surface area contributed by atoms with Crippen molar-refractivity contribution in [2.24, 2.45) is 11.1 Å². The van der Waals surface area contributed by atoms with E-state index in [-0.39, 0.29) is 34.6 Å². The summed E-state index contributed by atoms with van der Waals surface area (Å²) in [6, 6.07) is 1.37. The predicted octanol–water partition coefficient (Wildman–Crippen LogP) is 0.454. The summed E-state index contributed by atoms with van der Waals surface area (Å²) in [5.41, 5.74) is 6.79. The molecule has 3 aliphatic rings. The van der Waals surface area contributed by atoms with Gasteiger partial charge in [-0.15, -0.1) is 0 Å². The molecule has 7 nitrogen and oxygen atoms in total. The maximum atomic E-state index is 15.1. The van der Waals surface area contributed by atoms with Crippen LogP contribution in [0.4, 0.5) is 4.39 Å². The minimum Gasteiger partial charge on any atom is -0.332 e. The smallest absolute Gasteiger partial charge is 0.332 e. The largest absolute Gasteiger partial charge is 0.350 e. The van der Waals surface area contributed by atoms with Gasteiger partial charge in [-0.05, 0) is 61.1 Å². The summed E-state index contributed by atoms with van der Waals surface area (Å²) in [7, 11) is 0. The first kappa shape index (κ1) is 16.9. The van der Waals surface area contributed by atoms with Gasteiger partial charge in [-0.2, -0.15) is 4.68 Å². The highest BCUT2D eigenvalue weighted by molar-refractivity contribution is 5.83. The average molecular weight is 373 g/mol. The van der Waals surface area contributed by atoms with Crippen molar-refractivity contribution in [3.05, 3.63) is 43.8 Å². The Balaban J connectivity index is 1.74. The molecule has 5 rings (SSSR count). The Bertz CT molecular complexity index is 1090. The van der Waals surface area contributed by atoms with Gasteiger partial charge in [-0.1, -0.05) is 0 Å². The molecule has 2 saturated carbocycles. The fraction of sp³-hybridized carbons (Fsp3) is 0.579. The lowest BCUT2D eigenvalue weighted by molar-refractivity contribution is 0.312. The van der Waals surface area contributed by atoms with Gasteiger partial charge in [-0.3, -0.25) is 9.36 Å². The molecule has 1 aliphatic heterocycles. The first-order valence-electron chi connectivity index (χ1n) is 9.56. The van der Waals surface area contributed by atoms with Crippen molar-refractivity contribution in [3.63, 3.8) is 0 Å². The van der Waals surface area contributed by atoms with Gasteiger partial charge in [0.15, 0.2) is 0 Å². The summed E-state index contributed by atoms with van der Waals surface area (Å²) in [6.45, 7) is 3.43. The van der Waals surface area contributed by atoms with Gasteiger partial charge in [0, 0.05) is 25.2 Å². The van der Waals surface area contributed by atoms with Crippen molar-refractivity contribution in [1.29, 1.82) is 0 Å². The standard InChI is InChI=1S/C19H24FN5O2/c1-9-15(13-6-19(13)5-10(21)7-23-8-19)14(20)4-12-16(9)24(11-2-3-11)18(27)25(22)17(12)26/h4,10-11,13,23H,2-3,5-8,21-22H2,1H3. The lowest BCUT2D eigenvalue weighted by Gasteiger charge is -2.29. The van der Waals surface area contributed by atoms with Gasteiger partial charge in [0.1, 0.15) is 5.82 Å². The van der Waals surface area contributed by atoms with E-state index in [1.165, 1.54) is 6.07 Å². The van der Waals surface area contributed by atoms with Crippen molar-refractivity contribution < 1.29 is 4.39 Å². The molecule has 2 heterocycles. The van der Waals surface area contributed by atoms with Crippen LogP contribution in [0.1, 0.15) is 48.8 Å². The Labute approximate surface area is 155 Å². The Morgan fingerprint density at radius 3 is 2.70 bits per heavy atom. The second-order valence-electron chi connectivity index (χ2n) is 8.57. The highest BCUT2D eigenvalue weighted by Crippen LogP contribution is 2.63. The second-order valence-corrected chi connectivity index (χ2v) is 8.57. The molecule has 0 amide bonds. The van der Waals surface area contributed by atoms with Gasteiger partial charge in [0.2, 0.25) is 0 Å². The monoisotopic (exact) mass is 373 g/mol. The molecule has 2 aromatic rings. The van der Waals surface area contributed by atoms with Crippen LogP contribution in [0.2, 0.25) is 0 Å². The zero-order chi connectivity index (χ0) is 19.1. The molecule has 3 atom stereocenters. The molecule has 8 heteroatoms. The zero-order valence-corrected chi connectivity index (χ0v) is 15.3. The number of aryl methyl sites for hydroxylation is 1. The summed E-state index contributed by atoms with van der Waals surface area (Å²) in [6.07, 6.45) is 3.47. The number of benzene rings is 1. The van der Waals surface area contributed by atoms with Crippen molar-refractivity contribution in [3.8, 4) is 0 Å². The van der Waals surface area contributed by atoms with Crippen LogP contribution in [0, 0.1) is 18.2 Å². The summed E-state index contributed by atoms with van der Waals surface area (Å²) in [5.74, 6) is 5.35. The second kappa shape index (κ2) is 5.42. The first-order valence-corrected chi connectivity index (χ1v) is 9.56. The van der Waals surface area contributed by atoms with Crippen LogP contribution >= 0.6 is 0 Å². The Morgan fingerprint density at radius 2 is 2.04 bits per heavy atom. The van der Waals surface area contributed by atoms with Gasteiger partial charge in [0.25, 0.3) is 5.56 Å². The number of fused-ring (bicyclic) bond motifs is 1. The van der Waals surface area contributed by atoms with Crippen molar-refractivity contribution in [1.82, 2.24) is 14.6 Å². The maximum absolute atomic E-state index is 15.1. The first-order chi connectivity index (χ1) is 12.8. The molecular weight excluding hydrogens is 349 g/mol. The number of rotatable bonds is 2. The molecular formula is C19H24FN5O2. The fourth-order valence-corrected chi connectivity index (χ4v) is 5.13. The lowest BCUT2D eigenvalue weighted by atomic mass is 9.87. The van der Waals surface area contributed by atoms with E-state index in [1.807, 2.05) is 6.92 Å². The Morgan fingerprint density at radius 1 is 1.30 bits per heavy atom. The molecule has 0 bridgehead atoms. The molecule has 3 fully saturated rings. The molecule has 2 aliphatic carbocycles. The Kier molecular flexibility index (Phi) is 3.40. The summed E-state index contributed by atoms with van der Waals surface area (Å²) >= 11 is 0. The maximum Gasteiger partial charge on any atom is 0.350 e. The van der Waals surface area contributed by atoms with Crippen LogP contribution < -0.4 is 28.1 Å². The highest BCUT2D eigenvalue weighted by Gasteiger charge is 2.57. The topological polar surface area (TPSA) is 108 Å². The van der Waals surface area contributed by atoms with Crippen LogP contribution in [0.15, 0.2) is 15.7 Å². The van der Waals surface area contributed by atoms with Crippen LogP contribution in [-0.4, -0.2) is 28.4 Å². The molecule has 1 aromatic heterocycles. The van der Waals surface area contributed by atoms with E-state index in [0.29, 0.717) is 21.3 Å².